The van der Waals surface area contributed by atoms with Gasteiger partial charge in [0, 0.05) is 6.54 Å². The number of benzene rings is 2. The van der Waals surface area contributed by atoms with Crippen molar-refractivity contribution in [2.24, 2.45) is 0 Å². The van der Waals surface area contributed by atoms with Crippen molar-refractivity contribution in [1.82, 2.24) is 5.32 Å². The highest BCUT2D eigenvalue weighted by molar-refractivity contribution is 5.77. The molecule has 0 aromatic heterocycles. The molecule has 0 aliphatic heterocycles. The Bertz CT molecular complexity index is 723. The van der Waals surface area contributed by atoms with E-state index in [-0.39, 0.29) is 24.9 Å². The molecule has 0 atom stereocenters. The monoisotopic (exact) mass is 298 g/mol. The lowest BCUT2D eigenvalue weighted by molar-refractivity contribution is -0.123. The summed E-state index contributed by atoms with van der Waals surface area (Å²) in [5.41, 5.74) is 1.71. The molecule has 2 aromatic carbocycles. The van der Waals surface area contributed by atoms with Crippen LogP contribution in [0.25, 0.3) is 0 Å². The van der Waals surface area contributed by atoms with E-state index < -0.39 is 0 Å². The first-order chi connectivity index (χ1) is 10.6. The highest BCUT2D eigenvalue weighted by Crippen LogP contribution is 2.12. The minimum Gasteiger partial charge on any atom is -0.484 e. The van der Waals surface area contributed by atoms with Gasteiger partial charge in [0.15, 0.2) is 6.61 Å². The van der Waals surface area contributed by atoms with E-state index in [2.05, 4.69) is 5.32 Å². The Balaban J connectivity index is 1.83. The molecule has 0 spiro atoms. The number of halogens is 1. The number of nitriles is 1. The Morgan fingerprint density at radius 2 is 2.14 bits per heavy atom. The summed E-state index contributed by atoms with van der Waals surface area (Å²) in [6.45, 7) is 1.75. The molecule has 4 nitrogen and oxygen atoms in total. The lowest BCUT2D eigenvalue weighted by Gasteiger charge is -2.08. The third kappa shape index (κ3) is 4.32. The van der Waals surface area contributed by atoms with Gasteiger partial charge in [-0.15, -0.1) is 0 Å². The van der Waals surface area contributed by atoms with Gasteiger partial charge in [-0.1, -0.05) is 18.2 Å². The molecule has 5 heteroatoms. The Morgan fingerprint density at radius 1 is 1.32 bits per heavy atom. The van der Waals surface area contributed by atoms with E-state index in [0.717, 1.165) is 0 Å². The third-order valence-electron chi connectivity index (χ3n) is 3.06. The zero-order chi connectivity index (χ0) is 15.9. The average Bonchev–Trinajstić information content (AvgIpc) is 2.54. The van der Waals surface area contributed by atoms with Gasteiger partial charge in [-0.3, -0.25) is 4.79 Å². The van der Waals surface area contributed by atoms with Crippen LogP contribution in [0.2, 0.25) is 0 Å². The molecule has 1 N–H and O–H groups in total. The molecular weight excluding hydrogens is 283 g/mol. The summed E-state index contributed by atoms with van der Waals surface area (Å²) in [6, 6.07) is 13.4. The van der Waals surface area contributed by atoms with Crippen molar-refractivity contribution in [1.29, 1.82) is 5.26 Å². The molecule has 0 unspecified atom stereocenters. The maximum Gasteiger partial charge on any atom is 0.258 e. The van der Waals surface area contributed by atoms with Crippen molar-refractivity contribution in [2.75, 3.05) is 6.61 Å². The zero-order valence-corrected chi connectivity index (χ0v) is 12.1. The van der Waals surface area contributed by atoms with E-state index in [4.69, 9.17) is 10.00 Å². The number of hydrogen-bond donors (Lipinski definition) is 1. The molecule has 0 fully saturated rings. The first-order valence-electron chi connectivity index (χ1n) is 6.73. The fourth-order valence-electron chi connectivity index (χ4n) is 1.80. The number of ether oxygens (including phenoxy) is 1. The van der Waals surface area contributed by atoms with Crippen LogP contribution in [0, 0.1) is 24.1 Å². The van der Waals surface area contributed by atoms with E-state index >= 15 is 0 Å². The second-order valence-corrected chi connectivity index (χ2v) is 4.79. The van der Waals surface area contributed by atoms with Gasteiger partial charge >= 0.3 is 0 Å². The molecule has 22 heavy (non-hydrogen) atoms. The fraction of sp³-hybridized carbons (Fsp3) is 0.176. The van der Waals surface area contributed by atoms with Crippen molar-refractivity contribution in [2.45, 2.75) is 13.5 Å². The fourth-order valence-corrected chi connectivity index (χ4v) is 1.80. The Morgan fingerprint density at radius 3 is 2.86 bits per heavy atom. The van der Waals surface area contributed by atoms with Crippen molar-refractivity contribution in [3.63, 3.8) is 0 Å². The highest BCUT2D eigenvalue weighted by Gasteiger charge is 2.05. The minimum absolute atomic E-state index is 0.163. The second-order valence-electron chi connectivity index (χ2n) is 4.79. The van der Waals surface area contributed by atoms with Crippen LogP contribution in [0.3, 0.4) is 0 Å². The zero-order valence-electron chi connectivity index (χ0n) is 12.1. The topological polar surface area (TPSA) is 62.1 Å². The van der Waals surface area contributed by atoms with Crippen LogP contribution < -0.4 is 10.1 Å². The largest absolute Gasteiger partial charge is 0.484 e. The van der Waals surface area contributed by atoms with Gasteiger partial charge in [0.2, 0.25) is 0 Å². The molecular formula is C17H15FN2O2. The quantitative estimate of drug-likeness (QED) is 0.923. The van der Waals surface area contributed by atoms with E-state index in [0.29, 0.717) is 22.4 Å². The van der Waals surface area contributed by atoms with Crippen molar-refractivity contribution < 1.29 is 13.9 Å². The van der Waals surface area contributed by atoms with Crippen LogP contribution in [0.5, 0.6) is 5.75 Å². The standard InChI is InChI=1S/C17H15FN2O2/c1-12-5-6-14(8-16(12)18)10-20-17(21)11-22-15-4-2-3-13(7-15)9-19/h2-8H,10-11H2,1H3,(H,20,21). The van der Waals surface area contributed by atoms with Crippen molar-refractivity contribution >= 4 is 5.91 Å². The first-order valence-corrected chi connectivity index (χ1v) is 6.73. The minimum atomic E-state index is -0.316. The van der Waals surface area contributed by atoms with Crippen LogP contribution in [0.1, 0.15) is 16.7 Å². The first kappa shape index (κ1) is 15.5. The second kappa shape index (κ2) is 7.23. The number of nitrogens with one attached hydrogen (secondary N) is 1. The van der Waals surface area contributed by atoms with Crippen LogP contribution >= 0.6 is 0 Å². The number of amides is 1. The summed E-state index contributed by atoms with van der Waals surface area (Å²) in [6.07, 6.45) is 0. The summed E-state index contributed by atoms with van der Waals surface area (Å²) in [5.74, 6) is -0.157. The van der Waals surface area contributed by atoms with Crippen LogP contribution in [0.4, 0.5) is 4.39 Å². The molecule has 0 heterocycles. The van der Waals surface area contributed by atoms with Gasteiger partial charge in [-0.05, 0) is 42.3 Å². The number of aryl methyl sites for hydroxylation is 1. The maximum atomic E-state index is 13.4. The normalized spacial score (nSPS) is 9.86. The molecule has 112 valence electrons. The number of nitrogens with zero attached hydrogens (tertiary/aromatic N) is 1. The number of hydrogen-bond acceptors (Lipinski definition) is 3. The average molecular weight is 298 g/mol. The number of rotatable bonds is 5. The van der Waals surface area contributed by atoms with E-state index in [1.807, 2.05) is 6.07 Å². The summed E-state index contributed by atoms with van der Waals surface area (Å²) >= 11 is 0. The van der Waals surface area contributed by atoms with Crippen molar-refractivity contribution in [3.05, 3.63) is 65.0 Å². The molecule has 2 rings (SSSR count). The van der Waals surface area contributed by atoms with Crippen LogP contribution in [0.15, 0.2) is 42.5 Å². The molecule has 2 aromatic rings. The number of carbonyl (C=O) groups excluding carboxylic acids is 1. The van der Waals surface area contributed by atoms with Gasteiger partial charge in [0.05, 0.1) is 11.6 Å². The van der Waals surface area contributed by atoms with Crippen LogP contribution in [-0.4, -0.2) is 12.5 Å². The molecule has 0 bridgehead atoms. The molecule has 1 amide bonds. The maximum absolute atomic E-state index is 13.4. The van der Waals surface area contributed by atoms with E-state index in [1.165, 1.54) is 6.07 Å². The predicted octanol–water partition coefficient (Wildman–Crippen LogP) is 2.70. The van der Waals surface area contributed by atoms with Gasteiger partial charge in [-0.2, -0.15) is 5.26 Å². The van der Waals surface area contributed by atoms with E-state index in [9.17, 15) is 9.18 Å². The predicted molar refractivity (Wildman–Crippen MR) is 79.6 cm³/mol. The summed E-state index contributed by atoms with van der Waals surface area (Å²) in [7, 11) is 0. The summed E-state index contributed by atoms with van der Waals surface area (Å²) in [4.78, 5) is 11.7. The molecule has 0 aliphatic carbocycles. The van der Waals surface area contributed by atoms with Gasteiger partial charge in [-0.25, -0.2) is 4.39 Å². The molecule has 0 saturated carbocycles. The molecule has 0 aliphatic rings. The SMILES string of the molecule is Cc1ccc(CNC(=O)COc2cccc(C#N)c2)cc1F. The van der Waals surface area contributed by atoms with Crippen molar-refractivity contribution in [3.8, 4) is 11.8 Å². The lowest BCUT2D eigenvalue weighted by Crippen LogP contribution is -2.28. The Labute approximate surface area is 128 Å². The van der Waals surface area contributed by atoms with Gasteiger partial charge in [0.25, 0.3) is 5.91 Å². The Kier molecular flexibility index (Phi) is 5.10. The van der Waals surface area contributed by atoms with Crippen LogP contribution in [-0.2, 0) is 11.3 Å². The molecule has 0 radical (unpaired) electrons. The molecule has 0 saturated heterocycles. The van der Waals surface area contributed by atoms with Gasteiger partial charge < -0.3 is 10.1 Å². The lowest BCUT2D eigenvalue weighted by atomic mass is 10.1. The smallest absolute Gasteiger partial charge is 0.258 e. The third-order valence-corrected chi connectivity index (χ3v) is 3.06. The number of carbonyl (C=O) groups is 1. The summed E-state index contributed by atoms with van der Waals surface area (Å²) in [5, 5.41) is 11.4. The van der Waals surface area contributed by atoms with E-state index in [1.54, 1.807) is 43.3 Å². The Hall–Kier alpha value is -2.87. The van der Waals surface area contributed by atoms with Gasteiger partial charge in [0.1, 0.15) is 11.6 Å². The summed E-state index contributed by atoms with van der Waals surface area (Å²) < 4.78 is 18.7. The highest BCUT2D eigenvalue weighted by atomic mass is 19.1.